The Bertz CT molecular complexity index is 2710. The van der Waals surface area contributed by atoms with Gasteiger partial charge in [0.15, 0.2) is 0 Å². The first-order valence-corrected chi connectivity index (χ1v) is 26.2. The molecule has 0 nitrogen and oxygen atoms in total. The zero-order valence-corrected chi connectivity index (χ0v) is 40.5. The van der Waals surface area contributed by atoms with E-state index in [2.05, 4.69) is 146 Å². The van der Waals surface area contributed by atoms with Crippen LogP contribution in [0.2, 0.25) is 0 Å². The molecule has 0 aromatic heterocycles. The van der Waals surface area contributed by atoms with E-state index in [-0.39, 0.29) is 16.2 Å². The summed E-state index contributed by atoms with van der Waals surface area (Å²) < 4.78 is 0. The number of hydrogen-bond donors (Lipinski definition) is 0. The Balaban J connectivity index is 1.23. The van der Waals surface area contributed by atoms with Gasteiger partial charge in [0.25, 0.3) is 0 Å². The minimum absolute atomic E-state index is 0.00933. The first kappa shape index (κ1) is 41.6. The molecular formula is C62H70S. The largest absolute Gasteiger partial charge is 0.129 e. The molecule has 3 unspecified atom stereocenters. The third-order valence-electron chi connectivity index (χ3n) is 18.3. The molecule has 63 heavy (non-hydrogen) atoms. The maximum Gasteiger partial charge on any atom is 0.0183 e. The van der Waals surface area contributed by atoms with E-state index in [0.29, 0.717) is 0 Å². The molecule has 3 fully saturated rings. The number of fused-ring (bicyclic) bond motifs is 5. The van der Waals surface area contributed by atoms with E-state index in [0.717, 1.165) is 43.4 Å². The van der Waals surface area contributed by atoms with Crippen LogP contribution < -0.4 is 0 Å². The molecule has 8 aliphatic rings. The lowest BCUT2D eigenvalue weighted by atomic mass is 9.57. The summed E-state index contributed by atoms with van der Waals surface area (Å²) in [6.45, 7) is 17.3. The molecule has 4 bridgehead atoms. The quantitative estimate of drug-likeness (QED) is 0.132. The highest BCUT2D eigenvalue weighted by Gasteiger charge is 2.47. The fourth-order valence-electron chi connectivity index (χ4n) is 15.0. The van der Waals surface area contributed by atoms with E-state index in [1.165, 1.54) is 153 Å². The van der Waals surface area contributed by atoms with Gasteiger partial charge in [0, 0.05) is 10.3 Å². The third kappa shape index (κ3) is 6.50. The molecule has 1 heteroatoms. The molecular weight excluding hydrogens is 777 g/mol. The molecule has 4 aromatic rings. The Morgan fingerprint density at radius 3 is 2.24 bits per heavy atom. The van der Waals surface area contributed by atoms with E-state index in [9.17, 15) is 0 Å². The minimum atomic E-state index is -0.00933. The third-order valence-corrected chi connectivity index (χ3v) is 19.2. The number of thioether (sulfide) groups is 1. The van der Waals surface area contributed by atoms with Crippen LogP contribution in [-0.4, -0.2) is 6.26 Å². The summed E-state index contributed by atoms with van der Waals surface area (Å²) in [5.41, 5.74) is 27.1. The van der Waals surface area contributed by atoms with E-state index in [1.54, 1.807) is 16.7 Å². The van der Waals surface area contributed by atoms with Gasteiger partial charge in [-0.25, -0.2) is 0 Å². The number of allylic oxidation sites excluding steroid dienone is 9. The van der Waals surface area contributed by atoms with E-state index in [4.69, 9.17) is 0 Å². The Kier molecular flexibility index (Phi) is 10.3. The van der Waals surface area contributed by atoms with Gasteiger partial charge in [-0.1, -0.05) is 118 Å². The van der Waals surface area contributed by atoms with Crippen molar-refractivity contribution in [3.8, 4) is 33.4 Å². The molecule has 3 saturated carbocycles. The molecule has 0 spiro atoms. The van der Waals surface area contributed by atoms with Crippen LogP contribution in [0, 0.1) is 43.9 Å². The summed E-state index contributed by atoms with van der Waals surface area (Å²) in [5.74, 6) is 2.43. The molecule has 8 aliphatic carbocycles. The van der Waals surface area contributed by atoms with Gasteiger partial charge in [-0.05, 0) is 246 Å². The van der Waals surface area contributed by atoms with Crippen LogP contribution in [0.25, 0.3) is 45.0 Å². The van der Waals surface area contributed by atoms with Gasteiger partial charge in [-0.15, -0.1) is 11.8 Å². The predicted molar refractivity (Wildman–Crippen MR) is 273 cm³/mol. The van der Waals surface area contributed by atoms with Crippen molar-refractivity contribution >= 4 is 23.4 Å². The average Bonchev–Trinajstić information content (AvgIpc) is 3.46. The van der Waals surface area contributed by atoms with Crippen molar-refractivity contribution in [1.29, 1.82) is 0 Å². The second-order valence-electron chi connectivity index (χ2n) is 22.1. The second-order valence-corrected chi connectivity index (χ2v) is 23.0. The van der Waals surface area contributed by atoms with E-state index >= 15 is 0 Å². The molecule has 0 aliphatic heterocycles. The standard InChI is InChI=1S/C62H70S/c1-38-26-27-46(62-29-15-13-18-43(35-62)36-62)31-52(38)53-32-47(61-28-16-14-20-45(37-61)39(2)34-61)33-54(55-30-44-19-9-10-21-48(44)42(5)59(55)63-8)57(53)50-23-17-24-51(40(50)3)58-41(4)49-22-11-12-25-56(49)60(58,6)7/h10-11,13,15,17,21-24,26-27,30-33,39,43,45H,9,12,14,16,18-20,25,28-29,34-37H2,1-8H3. The van der Waals surface area contributed by atoms with Crippen molar-refractivity contribution in [3.63, 3.8) is 0 Å². The summed E-state index contributed by atoms with van der Waals surface area (Å²) >= 11 is 1.96. The summed E-state index contributed by atoms with van der Waals surface area (Å²) in [5, 5.41) is 0. The summed E-state index contributed by atoms with van der Waals surface area (Å²) in [6.07, 6.45) is 34.7. The van der Waals surface area contributed by atoms with Crippen molar-refractivity contribution in [2.75, 3.05) is 6.26 Å². The maximum atomic E-state index is 2.79. The summed E-state index contributed by atoms with van der Waals surface area (Å²) in [6, 6.07) is 23.3. The lowest BCUT2D eigenvalue weighted by Crippen LogP contribution is -2.39. The van der Waals surface area contributed by atoms with Gasteiger partial charge in [0.1, 0.15) is 0 Å². The lowest BCUT2D eigenvalue weighted by molar-refractivity contribution is 0.153. The monoisotopic (exact) mass is 847 g/mol. The topological polar surface area (TPSA) is 0 Å². The van der Waals surface area contributed by atoms with Crippen LogP contribution in [0.4, 0.5) is 0 Å². The SMILES string of the molecule is CSc1c(-c2cc(C34CCCCC(C3)C(C)C4)cc(-c3cc(C45CC=CCC(C4)C5)ccc3C)c2-c2cccc(C3=C(C)C4=C(CCC=C4)C3(C)C)c2C)cc2c(c1C)C=CCC2. The highest BCUT2D eigenvalue weighted by Crippen LogP contribution is 2.60. The molecule has 4 aromatic carbocycles. The molecule has 0 N–H and O–H groups in total. The van der Waals surface area contributed by atoms with Crippen molar-refractivity contribution < 1.29 is 0 Å². The normalized spacial score (nSPS) is 27.9. The van der Waals surface area contributed by atoms with Gasteiger partial charge in [0.05, 0.1) is 0 Å². The van der Waals surface area contributed by atoms with Gasteiger partial charge in [-0.3, -0.25) is 0 Å². The van der Waals surface area contributed by atoms with Crippen LogP contribution in [0.5, 0.6) is 0 Å². The molecule has 3 atom stereocenters. The fourth-order valence-corrected chi connectivity index (χ4v) is 15.8. The molecule has 324 valence electrons. The highest BCUT2D eigenvalue weighted by molar-refractivity contribution is 7.98. The number of aryl methyl sites for hydroxylation is 2. The van der Waals surface area contributed by atoms with Gasteiger partial charge in [-0.2, -0.15) is 0 Å². The van der Waals surface area contributed by atoms with Crippen LogP contribution in [0.1, 0.15) is 156 Å². The van der Waals surface area contributed by atoms with Gasteiger partial charge in [0.2, 0.25) is 0 Å². The fraction of sp³-hybridized carbons (Fsp3) is 0.452. The van der Waals surface area contributed by atoms with Crippen molar-refractivity contribution in [3.05, 3.63) is 146 Å². The predicted octanol–water partition coefficient (Wildman–Crippen LogP) is 17.6. The average molecular weight is 847 g/mol. The van der Waals surface area contributed by atoms with Crippen LogP contribution in [0.3, 0.4) is 0 Å². The molecule has 0 amide bonds. The number of rotatable bonds is 7. The smallest absolute Gasteiger partial charge is 0.0183 e. The minimum Gasteiger partial charge on any atom is -0.129 e. The molecule has 0 radical (unpaired) electrons. The van der Waals surface area contributed by atoms with Gasteiger partial charge < -0.3 is 0 Å². The maximum absolute atomic E-state index is 2.79. The van der Waals surface area contributed by atoms with E-state index in [1.807, 2.05) is 11.8 Å². The Hall–Kier alpha value is -4.07. The van der Waals surface area contributed by atoms with Gasteiger partial charge >= 0.3 is 0 Å². The molecule has 0 heterocycles. The molecule has 0 saturated heterocycles. The Labute approximate surface area is 384 Å². The Morgan fingerprint density at radius 2 is 1.43 bits per heavy atom. The first-order chi connectivity index (χ1) is 30.4. The van der Waals surface area contributed by atoms with Crippen molar-refractivity contribution in [1.82, 2.24) is 0 Å². The van der Waals surface area contributed by atoms with Crippen LogP contribution >= 0.6 is 11.8 Å². The van der Waals surface area contributed by atoms with Crippen molar-refractivity contribution in [2.45, 2.75) is 154 Å². The van der Waals surface area contributed by atoms with Crippen molar-refractivity contribution in [2.24, 2.45) is 23.2 Å². The van der Waals surface area contributed by atoms with Crippen LogP contribution in [0.15, 0.2) is 107 Å². The molecule has 12 rings (SSSR count). The first-order valence-electron chi connectivity index (χ1n) is 25.0. The second kappa shape index (κ2) is 15.5. The lowest BCUT2D eigenvalue weighted by Gasteiger charge is -2.47. The highest BCUT2D eigenvalue weighted by atomic mass is 32.2. The summed E-state index contributed by atoms with van der Waals surface area (Å²) in [4.78, 5) is 1.45. The van der Waals surface area contributed by atoms with Crippen LogP contribution in [-0.2, 0) is 17.3 Å². The number of benzene rings is 4. The Morgan fingerprint density at radius 1 is 0.667 bits per heavy atom. The summed E-state index contributed by atoms with van der Waals surface area (Å²) in [7, 11) is 0. The zero-order valence-electron chi connectivity index (χ0n) is 39.7. The number of hydrogen-bond acceptors (Lipinski definition) is 1. The van der Waals surface area contributed by atoms with E-state index < -0.39 is 0 Å². The zero-order chi connectivity index (χ0) is 43.4.